The van der Waals surface area contributed by atoms with Crippen LogP contribution < -0.4 is 5.32 Å². The monoisotopic (exact) mass is 320 g/mol. The van der Waals surface area contributed by atoms with Gasteiger partial charge in [-0.2, -0.15) is 0 Å². The number of benzene rings is 1. The van der Waals surface area contributed by atoms with Crippen molar-refractivity contribution in [3.63, 3.8) is 0 Å². The molecule has 0 bridgehead atoms. The molecule has 0 fully saturated rings. The van der Waals surface area contributed by atoms with Crippen LogP contribution in [0.1, 0.15) is 23.8 Å². The quantitative estimate of drug-likeness (QED) is 0.851. The number of halogens is 1. The number of nitrogens with one attached hydrogen (secondary N) is 1. The maximum absolute atomic E-state index is 12.0. The summed E-state index contributed by atoms with van der Waals surface area (Å²) in [5.74, 6) is 0.886. The van der Waals surface area contributed by atoms with Gasteiger partial charge in [-0.05, 0) is 50.3 Å². The van der Waals surface area contributed by atoms with Gasteiger partial charge in [-0.15, -0.1) is 0 Å². The van der Waals surface area contributed by atoms with Crippen molar-refractivity contribution in [1.82, 2.24) is 10.2 Å². The van der Waals surface area contributed by atoms with Crippen molar-refractivity contribution in [2.75, 3.05) is 20.6 Å². The Kier molecular flexibility index (Phi) is 6.04. The van der Waals surface area contributed by atoms with E-state index in [0.29, 0.717) is 24.4 Å². The fraction of sp³-hybridized carbons (Fsp3) is 0.353. The van der Waals surface area contributed by atoms with E-state index in [-0.39, 0.29) is 11.9 Å². The van der Waals surface area contributed by atoms with E-state index in [9.17, 15) is 4.79 Å². The molecule has 0 aliphatic carbocycles. The van der Waals surface area contributed by atoms with Crippen molar-refractivity contribution in [2.45, 2.75) is 18.9 Å². The summed E-state index contributed by atoms with van der Waals surface area (Å²) in [6.07, 6.45) is 2.81. The van der Waals surface area contributed by atoms with Crippen molar-refractivity contribution < 1.29 is 9.21 Å². The lowest BCUT2D eigenvalue weighted by molar-refractivity contribution is -0.121. The number of rotatable bonds is 7. The van der Waals surface area contributed by atoms with Gasteiger partial charge in [0.2, 0.25) is 5.91 Å². The number of amides is 1. The summed E-state index contributed by atoms with van der Waals surface area (Å²) >= 11 is 5.84. The molecular formula is C17H21ClN2O2. The molecule has 0 aliphatic rings. The second-order valence-corrected chi connectivity index (χ2v) is 5.86. The van der Waals surface area contributed by atoms with Crippen LogP contribution in [0.15, 0.2) is 47.1 Å². The number of hydrogen-bond donors (Lipinski definition) is 1. The average Bonchev–Trinajstić information content (AvgIpc) is 3.00. The average molecular weight is 321 g/mol. The topological polar surface area (TPSA) is 45.5 Å². The molecule has 1 atom stereocenters. The molecule has 22 heavy (non-hydrogen) atoms. The first-order valence-corrected chi connectivity index (χ1v) is 7.65. The second kappa shape index (κ2) is 8.01. The minimum atomic E-state index is 0.0355. The van der Waals surface area contributed by atoms with Gasteiger partial charge in [0.05, 0.1) is 12.3 Å². The predicted molar refractivity (Wildman–Crippen MR) is 87.9 cm³/mol. The van der Waals surface area contributed by atoms with E-state index in [0.717, 1.165) is 11.3 Å². The molecule has 0 aliphatic heterocycles. The van der Waals surface area contributed by atoms with Crippen LogP contribution in [0, 0.1) is 0 Å². The van der Waals surface area contributed by atoms with Crippen LogP contribution in [0.25, 0.3) is 0 Å². The summed E-state index contributed by atoms with van der Waals surface area (Å²) in [6.45, 7) is 0.528. The van der Waals surface area contributed by atoms with Gasteiger partial charge in [0.1, 0.15) is 5.76 Å². The standard InChI is InChI=1S/C17H21ClN2O2/c1-20(2)15(16-4-3-11-22-16)12-19-17(21)10-7-13-5-8-14(18)9-6-13/h3-6,8-9,11,15H,7,10,12H2,1-2H3,(H,19,21). The maximum atomic E-state index is 12.0. The first-order valence-electron chi connectivity index (χ1n) is 7.27. The molecule has 2 aromatic rings. The third kappa shape index (κ3) is 4.90. The van der Waals surface area contributed by atoms with E-state index < -0.39 is 0 Å². The largest absolute Gasteiger partial charge is 0.468 e. The lowest BCUT2D eigenvalue weighted by Crippen LogP contribution is -2.34. The molecule has 1 amide bonds. The Balaban J connectivity index is 1.80. The van der Waals surface area contributed by atoms with Crippen LogP contribution in [0.4, 0.5) is 0 Å². The molecule has 118 valence electrons. The molecule has 2 rings (SSSR count). The third-order valence-electron chi connectivity index (χ3n) is 3.54. The highest BCUT2D eigenvalue weighted by Crippen LogP contribution is 2.17. The van der Waals surface area contributed by atoms with Gasteiger partial charge in [-0.25, -0.2) is 0 Å². The minimum absolute atomic E-state index is 0.0355. The number of carbonyl (C=O) groups is 1. The molecule has 1 aromatic carbocycles. The first kappa shape index (κ1) is 16.6. The van der Waals surface area contributed by atoms with Gasteiger partial charge < -0.3 is 9.73 Å². The third-order valence-corrected chi connectivity index (χ3v) is 3.79. The number of aryl methyl sites for hydroxylation is 1. The lowest BCUT2D eigenvalue weighted by atomic mass is 10.1. The number of furan rings is 1. The van der Waals surface area contributed by atoms with Gasteiger partial charge >= 0.3 is 0 Å². The van der Waals surface area contributed by atoms with E-state index in [2.05, 4.69) is 5.32 Å². The Hall–Kier alpha value is -1.78. The van der Waals surface area contributed by atoms with E-state index in [1.54, 1.807) is 6.26 Å². The van der Waals surface area contributed by atoms with Crippen LogP contribution in [0.3, 0.4) is 0 Å². The van der Waals surface area contributed by atoms with Crippen molar-refractivity contribution in [2.24, 2.45) is 0 Å². The van der Waals surface area contributed by atoms with E-state index in [4.69, 9.17) is 16.0 Å². The zero-order chi connectivity index (χ0) is 15.9. The Morgan fingerprint density at radius 3 is 2.59 bits per heavy atom. The van der Waals surface area contributed by atoms with Crippen LogP contribution in [-0.4, -0.2) is 31.4 Å². The van der Waals surface area contributed by atoms with Crippen LogP contribution in [-0.2, 0) is 11.2 Å². The molecule has 1 heterocycles. The molecule has 0 spiro atoms. The van der Waals surface area contributed by atoms with Gasteiger partial charge in [0, 0.05) is 18.0 Å². The Morgan fingerprint density at radius 1 is 1.27 bits per heavy atom. The predicted octanol–water partition coefficient (Wildman–Crippen LogP) is 3.28. The van der Waals surface area contributed by atoms with Crippen LogP contribution in [0.2, 0.25) is 5.02 Å². The molecule has 0 saturated heterocycles. The summed E-state index contributed by atoms with van der Waals surface area (Å²) in [7, 11) is 3.93. The van der Waals surface area contributed by atoms with Crippen molar-refractivity contribution >= 4 is 17.5 Å². The number of nitrogens with zero attached hydrogens (tertiary/aromatic N) is 1. The maximum Gasteiger partial charge on any atom is 0.220 e. The smallest absolute Gasteiger partial charge is 0.220 e. The summed E-state index contributed by atoms with van der Waals surface area (Å²) in [5, 5.41) is 3.68. The fourth-order valence-corrected chi connectivity index (χ4v) is 2.35. The van der Waals surface area contributed by atoms with E-state index in [1.165, 1.54) is 0 Å². The molecular weight excluding hydrogens is 300 g/mol. The van der Waals surface area contributed by atoms with Crippen molar-refractivity contribution in [3.8, 4) is 0 Å². The zero-order valence-corrected chi connectivity index (χ0v) is 13.6. The summed E-state index contributed by atoms with van der Waals surface area (Å²) in [5.41, 5.74) is 1.11. The number of likely N-dealkylation sites (N-methyl/N-ethyl adjacent to an activating group) is 1. The lowest BCUT2D eigenvalue weighted by Gasteiger charge is -2.22. The molecule has 1 unspecified atom stereocenters. The molecule has 0 radical (unpaired) electrons. The fourth-order valence-electron chi connectivity index (χ4n) is 2.23. The van der Waals surface area contributed by atoms with E-state index >= 15 is 0 Å². The summed E-state index contributed by atoms with van der Waals surface area (Å²) < 4.78 is 5.42. The molecule has 1 aromatic heterocycles. The first-order chi connectivity index (χ1) is 10.6. The van der Waals surface area contributed by atoms with Gasteiger partial charge in [-0.1, -0.05) is 23.7 Å². The number of carbonyl (C=O) groups excluding carboxylic acids is 1. The Labute approximate surface area is 136 Å². The molecule has 0 saturated carbocycles. The highest BCUT2D eigenvalue weighted by molar-refractivity contribution is 6.30. The van der Waals surface area contributed by atoms with E-state index in [1.807, 2.05) is 55.4 Å². The van der Waals surface area contributed by atoms with Crippen molar-refractivity contribution in [1.29, 1.82) is 0 Å². The SMILES string of the molecule is CN(C)C(CNC(=O)CCc1ccc(Cl)cc1)c1ccco1. The van der Waals surface area contributed by atoms with Gasteiger partial charge in [-0.3, -0.25) is 9.69 Å². The molecule has 5 heteroatoms. The molecule has 4 nitrogen and oxygen atoms in total. The summed E-state index contributed by atoms with van der Waals surface area (Å²) in [6, 6.07) is 11.4. The van der Waals surface area contributed by atoms with Crippen LogP contribution in [0.5, 0.6) is 0 Å². The highest BCUT2D eigenvalue weighted by atomic mass is 35.5. The van der Waals surface area contributed by atoms with Crippen molar-refractivity contribution in [3.05, 3.63) is 59.0 Å². The Morgan fingerprint density at radius 2 is 2.00 bits per heavy atom. The normalized spacial score (nSPS) is 12.4. The highest BCUT2D eigenvalue weighted by Gasteiger charge is 2.17. The van der Waals surface area contributed by atoms with Crippen LogP contribution >= 0.6 is 11.6 Å². The number of hydrogen-bond acceptors (Lipinski definition) is 3. The minimum Gasteiger partial charge on any atom is -0.468 e. The molecule has 1 N–H and O–H groups in total. The second-order valence-electron chi connectivity index (χ2n) is 5.43. The zero-order valence-electron chi connectivity index (χ0n) is 12.9. The van der Waals surface area contributed by atoms with Gasteiger partial charge in [0.25, 0.3) is 0 Å². The Bertz CT molecular complexity index is 579. The summed E-state index contributed by atoms with van der Waals surface area (Å²) in [4.78, 5) is 14.0. The van der Waals surface area contributed by atoms with Gasteiger partial charge in [0.15, 0.2) is 0 Å².